The molecule has 18 heavy (non-hydrogen) atoms. The van der Waals surface area contributed by atoms with Gasteiger partial charge in [-0.1, -0.05) is 19.4 Å². The number of aromatic nitrogens is 1. The zero-order valence-corrected chi connectivity index (χ0v) is 10.2. The third-order valence-corrected chi connectivity index (χ3v) is 2.28. The summed E-state index contributed by atoms with van der Waals surface area (Å²) < 4.78 is 0. The summed E-state index contributed by atoms with van der Waals surface area (Å²) >= 11 is 0. The Hall–Kier alpha value is -2.17. The highest BCUT2D eigenvalue weighted by atomic mass is 16.4. The highest BCUT2D eigenvalue weighted by molar-refractivity contribution is 5.97. The number of nitrogens with one attached hydrogen (secondary N) is 1. The van der Waals surface area contributed by atoms with Crippen molar-refractivity contribution in [3.63, 3.8) is 0 Å². The zero-order valence-electron chi connectivity index (χ0n) is 10.2. The normalized spacial score (nSPS) is 10.5. The van der Waals surface area contributed by atoms with Crippen LogP contribution in [-0.2, 0) is 4.79 Å². The van der Waals surface area contributed by atoms with Gasteiger partial charge in [0.05, 0.1) is 0 Å². The maximum absolute atomic E-state index is 11.8. The van der Waals surface area contributed by atoms with E-state index in [1.54, 1.807) is 12.1 Å². The van der Waals surface area contributed by atoms with Gasteiger partial charge in [-0.3, -0.25) is 9.78 Å². The van der Waals surface area contributed by atoms with Crippen molar-refractivity contribution in [2.45, 2.75) is 19.8 Å². The van der Waals surface area contributed by atoms with Crippen molar-refractivity contribution in [3.05, 3.63) is 35.7 Å². The smallest absolute Gasteiger partial charge is 0.328 e. The Balaban J connectivity index is 2.81. The van der Waals surface area contributed by atoms with Gasteiger partial charge < -0.3 is 10.4 Å². The molecule has 96 valence electrons. The van der Waals surface area contributed by atoms with Gasteiger partial charge in [-0.15, -0.1) is 0 Å². The lowest BCUT2D eigenvalue weighted by molar-refractivity contribution is -0.131. The van der Waals surface area contributed by atoms with E-state index >= 15 is 0 Å². The second-order valence-corrected chi connectivity index (χ2v) is 3.72. The third-order valence-electron chi connectivity index (χ3n) is 2.28. The Morgan fingerprint density at radius 1 is 1.50 bits per heavy atom. The summed E-state index contributed by atoms with van der Waals surface area (Å²) in [6.07, 6.45) is 5.75. The Labute approximate surface area is 106 Å². The first kappa shape index (κ1) is 13.9. The molecule has 0 bridgehead atoms. The third kappa shape index (κ3) is 4.37. The summed E-state index contributed by atoms with van der Waals surface area (Å²) in [6.45, 7) is 2.63. The maximum Gasteiger partial charge on any atom is 0.328 e. The standard InChI is InChI=1S/C13H16N2O3/c1-2-3-8-15-13(18)12-10(5-4-9-14-12)6-7-11(16)17/h4-7,9H,2-3,8H2,1H3,(H,15,18)(H,16,17)/b7-6+. The Bertz CT molecular complexity index is 455. The van der Waals surface area contributed by atoms with E-state index in [0.29, 0.717) is 12.1 Å². The van der Waals surface area contributed by atoms with Crippen LogP contribution in [0.15, 0.2) is 24.4 Å². The Kier molecular flexibility index (Phi) is 5.57. The number of amides is 1. The average molecular weight is 248 g/mol. The molecule has 0 aromatic carbocycles. The summed E-state index contributed by atoms with van der Waals surface area (Å²) in [5, 5.41) is 11.3. The molecule has 1 amide bonds. The summed E-state index contributed by atoms with van der Waals surface area (Å²) in [6, 6.07) is 3.31. The molecule has 0 aliphatic carbocycles. The van der Waals surface area contributed by atoms with Crippen molar-refractivity contribution in [1.29, 1.82) is 0 Å². The monoisotopic (exact) mass is 248 g/mol. The zero-order chi connectivity index (χ0) is 13.4. The highest BCUT2D eigenvalue weighted by Crippen LogP contribution is 2.07. The lowest BCUT2D eigenvalue weighted by Gasteiger charge is -2.05. The van der Waals surface area contributed by atoms with Gasteiger partial charge in [0.1, 0.15) is 5.69 Å². The first-order valence-corrected chi connectivity index (χ1v) is 5.79. The van der Waals surface area contributed by atoms with Crippen molar-refractivity contribution in [2.24, 2.45) is 0 Å². The molecule has 1 heterocycles. The van der Waals surface area contributed by atoms with Gasteiger partial charge in [0.25, 0.3) is 5.91 Å². The summed E-state index contributed by atoms with van der Waals surface area (Å²) in [5.74, 6) is -1.34. The molecule has 0 atom stereocenters. The van der Waals surface area contributed by atoms with E-state index in [1.165, 1.54) is 12.3 Å². The van der Waals surface area contributed by atoms with Crippen LogP contribution in [-0.4, -0.2) is 28.5 Å². The van der Waals surface area contributed by atoms with E-state index in [4.69, 9.17) is 5.11 Å². The molecule has 2 N–H and O–H groups in total. The molecular weight excluding hydrogens is 232 g/mol. The number of carbonyl (C=O) groups excluding carboxylic acids is 1. The minimum atomic E-state index is -1.06. The van der Waals surface area contributed by atoms with E-state index in [0.717, 1.165) is 18.9 Å². The second-order valence-electron chi connectivity index (χ2n) is 3.72. The minimum Gasteiger partial charge on any atom is -0.478 e. The fourth-order valence-corrected chi connectivity index (χ4v) is 1.37. The molecule has 0 aliphatic rings. The maximum atomic E-state index is 11.8. The molecule has 0 unspecified atom stereocenters. The number of carboxylic acid groups (broad SMARTS) is 1. The number of nitrogens with zero attached hydrogens (tertiary/aromatic N) is 1. The van der Waals surface area contributed by atoms with Gasteiger partial charge in [-0.05, 0) is 18.6 Å². The van der Waals surface area contributed by atoms with Crippen LogP contribution < -0.4 is 5.32 Å². The topological polar surface area (TPSA) is 79.3 Å². The molecule has 1 aromatic heterocycles. The van der Waals surface area contributed by atoms with E-state index < -0.39 is 5.97 Å². The molecule has 1 aromatic rings. The number of rotatable bonds is 6. The van der Waals surface area contributed by atoms with Crippen molar-refractivity contribution >= 4 is 18.0 Å². The fraction of sp³-hybridized carbons (Fsp3) is 0.308. The first-order valence-electron chi connectivity index (χ1n) is 5.79. The molecule has 0 aliphatic heterocycles. The predicted octanol–water partition coefficient (Wildman–Crippen LogP) is 1.71. The Morgan fingerprint density at radius 2 is 2.28 bits per heavy atom. The van der Waals surface area contributed by atoms with E-state index in [-0.39, 0.29) is 11.6 Å². The van der Waals surface area contributed by atoms with Gasteiger partial charge in [-0.25, -0.2) is 4.79 Å². The number of unbranched alkanes of at least 4 members (excludes halogenated alkanes) is 1. The van der Waals surface area contributed by atoms with Crippen LogP contribution in [0.5, 0.6) is 0 Å². The van der Waals surface area contributed by atoms with Crippen molar-refractivity contribution < 1.29 is 14.7 Å². The first-order chi connectivity index (χ1) is 8.65. The summed E-state index contributed by atoms with van der Waals surface area (Å²) in [5.41, 5.74) is 0.736. The average Bonchev–Trinajstić information content (AvgIpc) is 2.37. The van der Waals surface area contributed by atoms with Gasteiger partial charge in [-0.2, -0.15) is 0 Å². The Morgan fingerprint density at radius 3 is 2.94 bits per heavy atom. The van der Waals surface area contributed by atoms with Crippen LogP contribution >= 0.6 is 0 Å². The number of pyridine rings is 1. The minimum absolute atomic E-state index is 0.242. The summed E-state index contributed by atoms with van der Waals surface area (Å²) in [4.78, 5) is 26.3. The predicted molar refractivity (Wildman–Crippen MR) is 68.1 cm³/mol. The quantitative estimate of drug-likeness (QED) is 0.593. The number of hydrogen-bond acceptors (Lipinski definition) is 3. The van der Waals surface area contributed by atoms with E-state index in [1.807, 2.05) is 6.92 Å². The van der Waals surface area contributed by atoms with Gasteiger partial charge >= 0.3 is 5.97 Å². The van der Waals surface area contributed by atoms with Gasteiger partial charge in [0, 0.05) is 24.4 Å². The van der Waals surface area contributed by atoms with Crippen LogP contribution in [0.25, 0.3) is 6.08 Å². The lowest BCUT2D eigenvalue weighted by atomic mass is 10.1. The fourth-order valence-electron chi connectivity index (χ4n) is 1.37. The lowest BCUT2D eigenvalue weighted by Crippen LogP contribution is -2.26. The van der Waals surface area contributed by atoms with Crippen LogP contribution in [0.4, 0.5) is 0 Å². The van der Waals surface area contributed by atoms with Crippen LogP contribution in [0.3, 0.4) is 0 Å². The molecule has 5 heteroatoms. The van der Waals surface area contributed by atoms with E-state index in [2.05, 4.69) is 10.3 Å². The van der Waals surface area contributed by atoms with Crippen LogP contribution in [0.1, 0.15) is 35.8 Å². The van der Waals surface area contributed by atoms with Crippen molar-refractivity contribution in [3.8, 4) is 0 Å². The molecule has 0 spiro atoms. The number of carbonyl (C=O) groups is 2. The number of carboxylic acids is 1. The van der Waals surface area contributed by atoms with E-state index in [9.17, 15) is 9.59 Å². The van der Waals surface area contributed by atoms with Crippen molar-refractivity contribution in [1.82, 2.24) is 10.3 Å². The number of hydrogen-bond donors (Lipinski definition) is 2. The molecular formula is C13H16N2O3. The van der Waals surface area contributed by atoms with Gasteiger partial charge in [0.15, 0.2) is 0 Å². The molecule has 0 radical (unpaired) electrons. The summed E-state index contributed by atoms with van der Waals surface area (Å²) in [7, 11) is 0. The second kappa shape index (κ2) is 7.21. The molecule has 5 nitrogen and oxygen atoms in total. The molecule has 1 rings (SSSR count). The molecule has 0 saturated heterocycles. The largest absolute Gasteiger partial charge is 0.478 e. The van der Waals surface area contributed by atoms with Crippen LogP contribution in [0.2, 0.25) is 0 Å². The molecule has 0 saturated carbocycles. The van der Waals surface area contributed by atoms with Crippen LogP contribution in [0, 0.1) is 0 Å². The van der Waals surface area contributed by atoms with Gasteiger partial charge in [0.2, 0.25) is 0 Å². The molecule has 0 fully saturated rings. The highest BCUT2D eigenvalue weighted by Gasteiger charge is 2.10. The van der Waals surface area contributed by atoms with Crippen molar-refractivity contribution in [2.75, 3.05) is 6.54 Å². The SMILES string of the molecule is CCCCNC(=O)c1ncccc1/C=C/C(=O)O. The number of aliphatic carboxylic acids is 1.